The molecule has 1 aliphatic heterocycles. The Morgan fingerprint density at radius 3 is 1.29 bits per heavy atom. The van der Waals surface area contributed by atoms with E-state index in [1.165, 1.54) is 60.5 Å². The van der Waals surface area contributed by atoms with Gasteiger partial charge >= 0.3 is 0 Å². The van der Waals surface area contributed by atoms with Gasteiger partial charge in [-0.05, 0) is 121 Å². The summed E-state index contributed by atoms with van der Waals surface area (Å²) in [6, 6.07) is 74.6. The van der Waals surface area contributed by atoms with Crippen molar-refractivity contribution in [1.29, 1.82) is 0 Å². The first-order valence-corrected chi connectivity index (χ1v) is 19.4. The zero-order chi connectivity index (χ0) is 37.6. The maximum atomic E-state index is 5.24. The highest BCUT2D eigenvalue weighted by Crippen LogP contribution is 2.45. The number of nitrogens with zero attached hydrogens (tertiary/aromatic N) is 2. The van der Waals surface area contributed by atoms with Crippen molar-refractivity contribution in [3.63, 3.8) is 0 Å². The van der Waals surface area contributed by atoms with Gasteiger partial charge in [0.15, 0.2) is 0 Å². The summed E-state index contributed by atoms with van der Waals surface area (Å²) in [6.45, 7) is 4.58. The minimum atomic E-state index is -0.214. The van der Waals surface area contributed by atoms with Crippen LogP contribution in [0.5, 0.6) is 0 Å². The van der Waals surface area contributed by atoms with Gasteiger partial charge in [0.05, 0.1) is 11.4 Å². The van der Waals surface area contributed by atoms with Crippen molar-refractivity contribution in [2.75, 3.05) is 4.90 Å². The number of fused-ring (bicyclic) bond motifs is 3. The molecule has 0 unspecified atom stereocenters. The molecular weight excluding hydrogens is 677 g/mol. The highest BCUT2D eigenvalue weighted by molar-refractivity contribution is 6.13. The molecule has 0 atom stereocenters. The number of aliphatic imine (C=N–C) groups is 1. The quantitative estimate of drug-likeness (QED) is 0.160. The van der Waals surface area contributed by atoms with E-state index in [1.807, 2.05) is 0 Å². The largest absolute Gasteiger partial charge is 0.311 e. The lowest BCUT2D eigenvalue weighted by molar-refractivity contribution is 0.738. The van der Waals surface area contributed by atoms with E-state index in [9.17, 15) is 0 Å². The van der Waals surface area contributed by atoms with Gasteiger partial charge in [-0.15, -0.1) is 0 Å². The number of anilines is 3. The highest BCUT2D eigenvalue weighted by Gasteiger charge is 2.36. The summed E-state index contributed by atoms with van der Waals surface area (Å²) in [5, 5.41) is 4.97. The molecule has 9 aromatic rings. The van der Waals surface area contributed by atoms with E-state index in [-0.39, 0.29) is 5.41 Å². The van der Waals surface area contributed by atoms with Crippen LogP contribution in [-0.4, -0.2) is 5.71 Å². The molecule has 2 heteroatoms. The Bertz CT molecular complexity index is 2890. The molecule has 0 aliphatic carbocycles. The standard InChI is InChI=1S/C54H40N2/c1-54(2)51-35-45-14-8-9-15-46(45)36-52(51)55-53(54)43-26-32-50(33-27-43)56(49-30-24-42(25-31-49)47-21-20-38-12-6-7-13-44(38)34-47)48-28-22-41(23-29-48)40-18-16-39(17-19-40)37-10-4-3-5-11-37/h3-36H,1-2H3. The molecule has 0 fully saturated rings. The number of rotatable bonds is 7. The van der Waals surface area contributed by atoms with Gasteiger partial charge in [0.25, 0.3) is 0 Å². The summed E-state index contributed by atoms with van der Waals surface area (Å²) in [6.07, 6.45) is 0. The molecule has 0 saturated carbocycles. The van der Waals surface area contributed by atoms with E-state index in [4.69, 9.17) is 4.99 Å². The molecular formula is C54H40N2. The average molecular weight is 717 g/mol. The summed E-state index contributed by atoms with van der Waals surface area (Å²) in [7, 11) is 0. The SMILES string of the molecule is CC1(C)C(c2ccc(N(c3ccc(-c4ccc(-c5ccccc5)cc4)cc3)c3ccc(-c4ccc5ccccc5c4)cc3)cc2)=Nc2cc3ccccc3cc21. The van der Waals surface area contributed by atoms with Crippen molar-refractivity contribution in [3.8, 4) is 33.4 Å². The van der Waals surface area contributed by atoms with E-state index in [1.54, 1.807) is 0 Å². The Hall–Kier alpha value is -7.03. The third kappa shape index (κ3) is 6.06. The topological polar surface area (TPSA) is 15.6 Å². The van der Waals surface area contributed by atoms with Crippen LogP contribution in [0.4, 0.5) is 22.7 Å². The lowest BCUT2D eigenvalue weighted by Gasteiger charge is -2.27. The number of hydrogen-bond acceptors (Lipinski definition) is 2. The molecule has 0 N–H and O–H groups in total. The van der Waals surface area contributed by atoms with Crippen LogP contribution in [0.1, 0.15) is 25.0 Å². The average Bonchev–Trinajstić information content (AvgIpc) is 3.52. The third-order valence-corrected chi connectivity index (χ3v) is 11.4. The lowest BCUT2D eigenvalue weighted by atomic mass is 9.78. The van der Waals surface area contributed by atoms with Crippen LogP contribution < -0.4 is 4.90 Å². The summed E-state index contributed by atoms with van der Waals surface area (Å²) < 4.78 is 0. The fourth-order valence-electron chi connectivity index (χ4n) is 8.31. The van der Waals surface area contributed by atoms with E-state index in [2.05, 4.69) is 225 Å². The smallest absolute Gasteiger partial charge is 0.0681 e. The molecule has 56 heavy (non-hydrogen) atoms. The minimum Gasteiger partial charge on any atom is -0.311 e. The maximum absolute atomic E-state index is 5.24. The molecule has 0 aromatic heterocycles. The first-order valence-electron chi connectivity index (χ1n) is 19.4. The van der Waals surface area contributed by atoms with Crippen molar-refractivity contribution < 1.29 is 0 Å². The molecule has 266 valence electrons. The second-order valence-corrected chi connectivity index (χ2v) is 15.3. The van der Waals surface area contributed by atoms with Crippen LogP contribution in [0, 0.1) is 0 Å². The molecule has 0 spiro atoms. The van der Waals surface area contributed by atoms with Gasteiger partial charge in [0.2, 0.25) is 0 Å². The predicted octanol–water partition coefficient (Wildman–Crippen LogP) is 14.9. The zero-order valence-electron chi connectivity index (χ0n) is 31.5. The number of benzene rings is 9. The minimum absolute atomic E-state index is 0.214. The molecule has 0 radical (unpaired) electrons. The van der Waals surface area contributed by atoms with Crippen LogP contribution >= 0.6 is 0 Å². The van der Waals surface area contributed by atoms with Crippen LogP contribution in [-0.2, 0) is 5.41 Å². The van der Waals surface area contributed by atoms with E-state index in [0.29, 0.717) is 0 Å². The van der Waals surface area contributed by atoms with E-state index >= 15 is 0 Å². The normalized spacial score (nSPS) is 13.1. The Kier molecular flexibility index (Phi) is 8.19. The maximum Gasteiger partial charge on any atom is 0.0681 e. The van der Waals surface area contributed by atoms with Crippen molar-refractivity contribution in [2.24, 2.45) is 4.99 Å². The van der Waals surface area contributed by atoms with Crippen molar-refractivity contribution in [3.05, 3.63) is 217 Å². The zero-order valence-corrected chi connectivity index (χ0v) is 31.5. The fourth-order valence-corrected chi connectivity index (χ4v) is 8.31. The Morgan fingerprint density at radius 1 is 0.339 bits per heavy atom. The van der Waals surface area contributed by atoms with Crippen LogP contribution in [0.3, 0.4) is 0 Å². The van der Waals surface area contributed by atoms with Crippen LogP contribution in [0.2, 0.25) is 0 Å². The highest BCUT2D eigenvalue weighted by atomic mass is 15.1. The third-order valence-electron chi connectivity index (χ3n) is 11.4. The molecule has 0 amide bonds. The number of hydrogen-bond donors (Lipinski definition) is 0. The Morgan fingerprint density at radius 2 is 0.732 bits per heavy atom. The first kappa shape index (κ1) is 33.5. The molecule has 0 bridgehead atoms. The first-order chi connectivity index (χ1) is 27.5. The van der Waals surface area contributed by atoms with Gasteiger partial charge in [-0.1, -0.05) is 166 Å². The van der Waals surface area contributed by atoms with Crippen LogP contribution in [0.25, 0.3) is 54.9 Å². The molecule has 10 rings (SSSR count). The van der Waals surface area contributed by atoms with Gasteiger partial charge in [0.1, 0.15) is 0 Å². The fraction of sp³-hybridized carbons (Fsp3) is 0.0556. The Balaban J connectivity index is 0.997. The second kappa shape index (κ2) is 13.7. The van der Waals surface area contributed by atoms with Gasteiger partial charge in [0, 0.05) is 22.5 Å². The molecule has 0 saturated heterocycles. The molecule has 1 heterocycles. The summed E-state index contributed by atoms with van der Waals surface area (Å²) in [5.41, 5.74) is 14.9. The van der Waals surface area contributed by atoms with Crippen molar-refractivity contribution in [2.45, 2.75) is 19.3 Å². The molecule has 9 aromatic carbocycles. The second-order valence-electron chi connectivity index (χ2n) is 15.3. The summed E-state index contributed by atoms with van der Waals surface area (Å²) >= 11 is 0. The van der Waals surface area contributed by atoms with Crippen molar-refractivity contribution in [1.82, 2.24) is 0 Å². The monoisotopic (exact) mass is 716 g/mol. The molecule has 1 aliphatic rings. The lowest BCUT2D eigenvalue weighted by Crippen LogP contribution is -2.26. The van der Waals surface area contributed by atoms with Gasteiger partial charge < -0.3 is 4.90 Å². The summed E-state index contributed by atoms with van der Waals surface area (Å²) in [5.74, 6) is 0. The van der Waals surface area contributed by atoms with E-state index < -0.39 is 0 Å². The Labute approximate surface area is 328 Å². The molecule has 2 nitrogen and oxygen atoms in total. The van der Waals surface area contributed by atoms with Gasteiger partial charge in [-0.3, -0.25) is 4.99 Å². The van der Waals surface area contributed by atoms with Crippen LogP contribution in [0.15, 0.2) is 211 Å². The predicted molar refractivity (Wildman–Crippen MR) is 238 cm³/mol. The van der Waals surface area contributed by atoms with E-state index in [0.717, 1.165) is 34.0 Å². The van der Waals surface area contributed by atoms with Gasteiger partial charge in [-0.2, -0.15) is 0 Å². The van der Waals surface area contributed by atoms with Crippen molar-refractivity contribution >= 4 is 50.0 Å². The van der Waals surface area contributed by atoms with Gasteiger partial charge in [-0.25, -0.2) is 0 Å². The summed E-state index contributed by atoms with van der Waals surface area (Å²) in [4.78, 5) is 7.58.